The number of carbonyl (C=O) groups is 1. The van der Waals surface area contributed by atoms with Crippen LogP contribution in [0.5, 0.6) is 5.75 Å². The fourth-order valence-corrected chi connectivity index (χ4v) is 1.83. The first-order chi connectivity index (χ1) is 8.74. The van der Waals surface area contributed by atoms with E-state index in [-0.39, 0.29) is 5.91 Å². The van der Waals surface area contributed by atoms with Crippen molar-refractivity contribution < 1.29 is 9.53 Å². The van der Waals surface area contributed by atoms with Gasteiger partial charge >= 0.3 is 0 Å². The van der Waals surface area contributed by atoms with E-state index in [1.807, 2.05) is 24.3 Å². The molecular weight excluding hydrogens is 228 g/mol. The molecule has 0 aliphatic rings. The van der Waals surface area contributed by atoms with Crippen LogP contribution in [0.25, 0.3) is 10.9 Å². The van der Waals surface area contributed by atoms with E-state index in [1.54, 1.807) is 7.11 Å². The molecule has 1 aromatic heterocycles. The Morgan fingerprint density at radius 2 is 2.22 bits per heavy atom. The van der Waals surface area contributed by atoms with Crippen molar-refractivity contribution in [3.8, 4) is 5.75 Å². The van der Waals surface area contributed by atoms with Crippen molar-refractivity contribution in [1.29, 1.82) is 0 Å². The van der Waals surface area contributed by atoms with Crippen LogP contribution in [-0.4, -0.2) is 24.5 Å². The molecule has 1 aromatic carbocycles. The number of aromatic amines is 1. The van der Waals surface area contributed by atoms with Crippen LogP contribution < -0.4 is 10.1 Å². The molecule has 0 aliphatic heterocycles. The van der Waals surface area contributed by atoms with Crippen molar-refractivity contribution in [3.05, 3.63) is 30.0 Å². The van der Waals surface area contributed by atoms with Crippen LogP contribution in [0.4, 0.5) is 0 Å². The SMILES string of the molecule is CCCCNC(=O)c1cc2ccc(OC)cc2[nH]1. The highest BCUT2D eigenvalue weighted by Gasteiger charge is 2.09. The first kappa shape index (κ1) is 12.5. The summed E-state index contributed by atoms with van der Waals surface area (Å²) in [6.45, 7) is 2.81. The molecule has 96 valence electrons. The highest BCUT2D eigenvalue weighted by molar-refractivity contribution is 5.98. The van der Waals surface area contributed by atoms with Crippen LogP contribution in [0.15, 0.2) is 24.3 Å². The number of hydrogen-bond acceptors (Lipinski definition) is 2. The number of rotatable bonds is 5. The number of amides is 1. The minimum Gasteiger partial charge on any atom is -0.497 e. The number of fused-ring (bicyclic) bond motifs is 1. The van der Waals surface area contributed by atoms with Gasteiger partial charge in [-0.2, -0.15) is 0 Å². The van der Waals surface area contributed by atoms with Crippen LogP contribution in [0.3, 0.4) is 0 Å². The minimum atomic E-state index is -0.0568. The van der Waals surface area contributed by atoms with Crippen molar-refractivity contribution >= 4 is 16.8 Å². The largest absolute Gasteiger partial charge is 0.497 e. The summed E-state index contributed by atoms with van der Waals surface area (Å²) in [5.74, 6) is 0.723. The molecule has 0 aliphatic carbocycles. The molecule has 0 bridgehead atoms. The number of hydrogen-bond donors (Lipinski definition) is 2. The van der Waals surface area contributed by atoms with Crippen LogP contribution in [-0.2, 0) is 0 Å². The van der Waals surface area contributed by atoms with Crippen LogP contribution in [0.2, 0.25) is 0 Å². The lowest BCUT2D eigenvalue weighted by atomic mass is 10.2. The average molecular weight is 246 g/mol. The van der Waals surface area contributed by atoms with Gasteiger partial charge in [-0.25, -0.2) is 0 Å². The lowest BCUT2D eigenvalue weighted by Gasteiger charge is -2.01. The van der Waals surface area contributed by atoms with Gasteiger partial charge in [0, 0.05) is 23.5 Å². The normalized spacial score (nSPS) is 10.6. The molecule has 4 nitrogen and oxygen atoms in total. The van der Waals surface area contributed by atoms with Crippen molar-refractivity contribution in [2.24, 2.45) is 0 Å². The maximum Gasteiger partial charge on any atom is 0.267 e. The van der Waals surface area contributed by atoms with Crippen molar-refractivity contribution in [3.63, 3.8) is 0 Å². The number of ether oxygens (including phenoxy) is 1. The number of aromatic nitrogens is 1. The fraction of sp³-hybridized carbons (Fsp3) is 0.357. The average Bonchev–Trinajstić information content (AvgIpc) is 2.81. The Hall–Kier alpha value is -1.97. The first-order valence-electron chi connectivity index (χ1n) is 6.19. The molecule has 2 N–H and O–H groups in total. The Kier molecular flexibility index (Phi) is 3.87. The van der Waals surface area contributed by atoms with E-state index in [9.17, 15) is 4.79 Å². The standard InChI is InChI=1S/C14H18N2O2/c1-3-4-7-15-14(17)13-8-10-5-6-11(18-2)9-12(10)16-13/h5-6,8-9,16H,3-4,7H2,1-2H3,(H,15,17). The van der Waals surface area contributed by atoms with Crippen LogP contribution in [0.1, 0.15) is 30.3 Å². The number of carbonyl (C=O) groups excluding carboxylic acids is 1. The highest BCUT2D eigenvalue weighted by Crippen LogP contribution is 2.21. The third-order valence-corrected chi connectivity index (χ3v) is 2.89. The third-order valence-electron chi connectivity index (χ3n) is 2.89. The van der Waals surface area contributed by atoms with E-state index >= 15 is 0 Å². The maximum absolute atomic E-state index is 11.9. The topological polar surface area (TPSA) is 54.1 Å². The zero-order chi connectivity index (χ0) is 13.0. The summed E-state index contributed by atoms with van der Waals surface area (Å²) in [5, 5.41) is 3.90. The van der Waals surface area contributed by atoms with E-state index in [0.29, 0.717) is 12.2 Å². The summed E-state index contributed by atoms with van der Waals surface area (Å²) in [7, 11) is 1.63. The van der Waals surface area contributed by atoms with E-state index in [2.05, 4.69) is 17.2 Å². The van der Waals surface area contributed by atoms with E-state index in [1.165, 1.54) is 0 Å². The number of nitrogens with one attached hydrogen (secondary N) is 2. The van der Waals surface area contributed by atoms with Gasteiger partial charge in [-0.15, -0.1) is 0 Å². The molecule has 2 aromatic rings. The Bertz CT molecular complexity index is 546. The van der Waals surface area contributed by atoms with Gasteiger partial charge in [0.1, 0.15) is 11.4 Å². The molecule has 0 radical (unpaired) electrons. The summed E-state index contributed by atoms with van der Waals surface area (Å²) in [5.41, 5.74) is 1.50. The molecule has 1 heterocycles. The molecule has 18 heavy (non-hydrogen) atoms. The second-order valence-corrected chi connectivity index (χ2v) is 4.25. The Morgan fingerprint density at radius 1 is 1.39 bits per heavy atom. The third kappa shape index (κ3) is 2.64. The molecule has 2 rings (SSSR count). The zero-order valence-electron chi connectivity index (χ0n) is 10.7. The molecular formula is C14H18N2O2. The van der Waals surface area contributed by atoms with Gasteiger partial charge in [0.15, 0.2) is 0 Å². The number of methoxy groups -OCH3 is 1. The molecule has 0 fully saturated rings. The summed E-state index contributed by atoms with van der Waals surface area (Å²) in [4.78, 5) is 15.0. The van der Waals surface area contributed by atoms with Crippen LogP contribution >= 0.6 is 0 Å². The Morgan fingerprint density at radius 3 is 2.94 bits per heavy atom. The van der Waals surface area contributed by atoms with E-state index < -0.39 is 0 Å². The predicted octanol–water partition coefficient (Wildman–Crippen LogP) is 2.71. The second kappa shape index (κ2) is 5.58. The lowest BCUT2D eigenvalue weighted by Crippen LogP contribution is -2.24. The minimum absolute atomic E-state index is 0.0568. The smallest absolute Gasteiger partial charge is 0.267 e. The van der Waals surface area contributed by atoms with Gasteiger partial charge in [-0.05, 0) is 24.6 Å². The van der Waals surface area contributed by atoms with Crippen molar-refractivity contribution in [2.75, 3.05) is 13.7 Å². The van der Waals surface area contributed by atoms with Gasteiger partial charge in [-0.3, -0.25) is 4.79 Å². The summed E-state index contributed by atoms with van der Waals surface area (Å²) in [6, 6.07) is 7.57. The summed E-state index contributed by atoms with van der Waals surface area (Å²) >= 11 is 0. The molecule has 0 saturated carbocycles. The van der Waals surface area contributed by atoms with E-state index in [0.717, 1.165) is 29.5 Å². The highest BCUT2D eigenvalue weighted by atomic mass is 16.5. The zero-order valence-corrected chi connectivity index (χ0v) is 10.7. The Balaban J connectivity index is 2.16. The van der Waals surface area contributed by atoms with Crippen molar-refractivity contribution in [1.82, 2.24) is 10.3 Å². The molecule has 4 heteroatoms. The maximum atomic E-state index is 11.9. The first-order valence-corrected chi connectivity index (χ1v) is 6.19. The van der Waals surface area contributed by atoms with Crippen LogP contribution in [0, 0.1) is 0 Å². The van der Waals surface area contributed by atoms with Gasteiger partial charge in [0.05, 0.1) is 7.11 Å². The number of unbranched alkanes of at least 4 members (excludes halogenated alkanes) is 1. The summed E-state index contributed by atoms with van der Waals surface area (Å²) in [6.07, 6.45) is 2.07. The summed E-state index contributed by atoms with van der Waals surface area (Å²) < 4.78 is 5.15. The Labute approximate surface area is 106 Å². The van der Waals surface area contributed by atoms with E-state index in [4.69, 9.17) is 4.74 Å². The van der Waals surface area contributed by atoms with Gasteiger partial charge in [0.25, 0.3) is 5.91 Å². The fourth-order valence-electron chi connectivity index (χ4n) is 1.83. The number of H-pyrrole nitrogens is 1. The van der Waals surface area contributed by atoms with Crippen molar-refractivity contribution in [2.45, 2.75) is 19.8 Å². The predicted molar refractivity (Wildman–Crippen MR) is 72.1 cm³/mol. The van der Waals surface area contributed by atoms with Gasteiger partial charge in [-0.1, -0.05) is 13.3 Å². The lowest BCUT2D eigenvalue weighted by molar-refractivity contribution is 0.0949. The molecule has 0 spiro atoms. The van der Waals surface area contributed by atoms with Gasteiger partial charge < -0.3 is 15.0 Å². The monoisotopic (exact) mass is 246 g/mol. The molecule has 0 saturated heterocycles. The number of benzene rings is 1. The quantitative estimate of drug-likeness (QED) is 0.797. The molecule has 0 atom stereocenters. The van der Waals surface area contributed by atoms with Gasteiger partial charge in [0.2, 0.25) is 0 Å². The molecule has 0 unspecified atom stereocenters. The molecule has 1 amide bonds. The second-order valence-electron chi connectivity index (χ2n) is 4.25.